The van der Waals surface area contributed by atoms with Gasteiger partial charge in [-0.15, -0.1) is 0 Å². The Morgan fingerprint density at radius 2 is 2.16 bits per heavy atom. The molecule has 1 atom stereocenters. The van der Waals surface area contributed by atoms with Crippen LogP contribution in [0.2, 0.25) is 5.02 Å². The zero-order chi connectivity index (χ0) is 13.1. The molecule has 2 aliphatic rings. The smallest absolute Gasteiger partial charge is 0.147 e. The van der Waals surface area contributed by atoms with Crippen molar-refractivity contribution >= 4 is 17.4 Å². The second-order valence-corrected chi connectivity index (χ2v) is 5.73. The third-order valence-corrected chi connectivity index (χ3v) is 4.24. The summed E-state index contributed by atoms with van der Waals surface area (Å²) in [7, 11) is 0. The van der Waals surface area contributed by atoms with Crippen LogP contribution in [-0.2, 0) is 4.74 Å². The molecule has 104 valence electrons. The van der Waals surface area contributed by atoms with Crippen LogP contribution in [0, 0.1) is 5.92 Å². The fourth-order valence-electron chi connectivity index (χ4n) is 2.93. The summed E-state index contributed by atoms with van der Waals surface area (Å²) < 4.78 is 5.39. The lowest BCUT2D eigenvalue weighted by Gasteiger charge is -2.29. The molecule has 0 amide bonds. The Labute approximate surface area is 119 Å². The number of pyridine rings is 1. The number of hydrogen-bond donors (Lipinski definition) is 0. The molecule has 0 N–H and O–H groups in total. The zero-order valence-electron chi connectivity index (χ0n) is 11.1. The number of anilines is 1. The van der Waals surface area contributed by atoms with Gasteiger partial charge >= 0.3 is 0 Å². The molecule has 1 aromatic heterocycles. The molecule has 3 rings (SSSR count). The average molecular weight is 282 g/mol. The van der Waals surface area contributed by atoms with E-state index in [1.165, 1.54) is 13.0 Å². The number of morpholine rings is 1. The summed E-state index contributed by atoms with van der Waals surface area (Å²) >= 11 is 6.21. The Morgan fingerprint density at radius 3 is 2.95 bits per heavy atom. The van der Waals surface area contributed by atoms with Crippen molar-refractivity contribution in [2.45, 2.75) is 6.42 Å². The quantitative estimate of drug-likeness (QED) is 0.846. The van der Waals surface area contributed by atoms with Crippen molar-refractivity contribution in [1.82, 2.24) is 9.88 Å². The largest absolute Gasteiger partial charge is 0.379 e. The molecule has 0 aliphatic carbocycles. The Kier molecular flexibility index (Phi) is 4.21. The number of ether oxygens (including phenoxy) is 1. The molecule has 0 aromatic carbocycles. The van der Waals surface area contributed by atoms with Crippen LogP contribution in [0.3, 0.4) is 0 Å². The van der Waals surface area contributed by atoms with Gasteiger partial charge in [0.05, 0.1) is 18.2 Å². The Bertz CT molecular complexity index is 423. The highest BCUT2D eigenvalue weighted by Gasteiger charge is 2.26. The minimum absolute atomic E-state index is 0.719. The molecule has 0 bridgehead atoms. The van der Waals surface area contributed by atoms with E-state index in [1.54, 1.807) is 0 Å². The summed E-state index contributed by atoms with van der Waals surface area (Å²) in [6.07, 6.45) is 3.04. The van der Waals surface area contributed by atoms with Crippen molar-refractivity contribution in [3.63, 3.8) is 0 Å². The van der Waals surface area contributed by atoms with Gasteiger partial charge in [-0.05, 0) is 24.5 Å². The van der Waals surface area contributed by atoms with Gasteiger partial charge in [-0.2, -0.15) is 0 Å². The van der Waals surface area contributed by atoms with Gasteiger partial charge in [-0.25, -0.2) is 4.98 Å². The lowest BCUT2D eigenvalue weighted by molar-refractivity contribution is 0.0320. The molecule has 2 saturated heterocycles. The minimum Gasteiger partial charge on any atom is -0.379 e. The lowest BCUT2D eigenvalue weighted by atomic mass is 10.1. The lowest BCUT2D eigenvalue weighted by Crippen LogP contribution is -2.39. The van der Waals surface area contributed by atoms with Crippen LogP contribution < -0.4 is 4.90 Å². The topological polar surface area (TPSA) is 28.6 Å². The van der Waals surface area contributed by atoms with Crippen LogP contribution in [0.5, 0.6) is 0 Å². The molecular weight excluding hydrogens is 262 g/mol. The highest BCUT2D eigenvalue weighted by Crippen LogP contribution is 2.28. The molecule has 4 nitrogen and oxygen atoms in total. The molecule has 0 spiro atoms. The van der Waals surface area contributed by atoms with Crippen LogP contribution >= 0.6 is 11.6 Å². The van der Waals surface area contributed by atoms with E-state index in [-0.39, 0.29) is 0 Å². The summed E-state index contributed by atoms with van der Waals surface area (Å²) in [4.78, 5) is 9.23. The zero-order valence-corrected chi connectivity index (χ0v) is 11.9. The number of aromatic nitrogens is 1. The van der Waals surface area contributed by atoms with Gasteiger partial charge in [0, 0.05) is 38.9 Å². The third kappa shape index (κ3) is 3.19. The van der Waals surface area contributed by atoms with Crippen molar-refractivity contribution < 1.29 is 4.74 Å². The number of nitrogens with zero attached hydrogens (tertiary/aromatic N) is 3. The van der Waals surface area contributed by atoms with Crippen molar-refractivity contribution in [1.29, 1.82) is 0 Å². The predicted molar refractivity (Wildman–Crippen MR) is 76.8 cm³/mol. The molecule has 2 aliphatic heterocycles. The van der Waals surface area contributed by atoms with Gasteiger partial charge in [0.2, 0.25) is 0 Å². The van der Waals surface area contributed by atoms with E-state index in [0.29, 0.717) is 0 Å². The Balaban J connectivity index is 1.56. The van der Waals surface area contributed by atoms with E-state index >= 15 is 0 Å². The fourth-order valence-corrected chi connectivity index (χ4v) is 3.17. The number of halogens is 1. The van der Waals surface area contributed by atoms with Crippen LogP contribution in [0.4, 0.5) is 5.82 Å². The highest BCUT2D eigenvalue weighted by molar-refractivity contribution is 6.32. The van der Waals surface area contributed by atoms with E-state index in [9.17, 15) is 0 Å². The molecular formula is C14H20ClN3O. The molecule has 1 aromatic rings. The molecule has 3 heterocycles. The molecule has 5 heteroatoms. The second kappa shape index (κ2) is 6.07. The highest BCUT2D eigenvalue weighted by atomic mass is 35.5. The monoisotopic (exact) mass is 281 g/mol. The van der Waals surface area contributed by atoms with Gasteiger partial charge in [0.15, 0.2) is 0 Å². The van der Waals surface area contributed by atoms with Crippen LogP contribution in [0.15, 0.2) is 18.3 Å². The number of hydrogen-bond acceptors (Lipinski definition) is 4. The summed E-state index contributed by atoms with van der Waals surface area (Å²) in [5.74, 6) is 1.66. The Hall–Kier alpha value is -0.840. The third-order valence-electron chi connectivity index (χ3n) is 3.94. The second-order valence-electron chi connectivity index (χ2n) is 5.32. The standard InChI is InChI=1S/C14H20ClN3O/c15-13-2-1-4-16-14(13)18-5-3-12(11-18)10-17-6-8-19-9-7-17/h1-2,4,12H,3,5-11H2. The van der Waals surface area contributed by atoms with Gasteiger partial charge in [-0.3, -0.25) is 4.90 Å². The van der Waals surface area contributed by atoms with Crippen LogP contribution in [-0.4, -0.2) is 55.8 Å². The van der Waals surface area contributed by atoms with Crippen LogP contribution in [0.25, 0.3) is 0 Å². The van der Waals surface area contributed by atoms with E-state index in [4.69, 9.17) is 16.3 Å². The first-order valence-electron chi connectivity index (χ1n) is 6.98. The van der Waals surface area contributed by atoms with Crippen molar-refractivity contribution in [3.8, 4) is 0 Å². The van der Waals surface area contributed by atoms with Crippen molar-refractivity contribution in [3.05, 3.63) is 23.4 Å². The average Bonchev–Trinajstić information content (AvgIpc) is 2.89. The first-order valence-corrected chi connectivity index (χ1v) is 7.36. The molecule has 1 unspecified atom stereocenters. The maximum Gasteiger partial charge on any atom is 0.147 e. The van der Waals surface area contributed by atoms with Gasteiger partial charge in [0.25, 0.3) is 0 Å². The van der Waals surface area contributed by atoms with Crippen molar-refractivity contribution in [2.24, 2.45) is 5.92 Å². The SMILES string of the molecule is Clc1cccnc1N1CCC(CN2CCOCC2)C1. The molecule has 19 heavy (non-hydrogen) atoms. The summed E-state index contributed by atoms with van der Waals surface area (Å²) in [6, 6.07) is 3.80. The summed E-state index contributed by atoms with van der Waals surface area (Å²) in [5.41, 5.74) is 0. The fraction of sp³-hybridized carbons (Fsp3) is 0.643. The van der Waals surface area contributed by atoms with Gasteiger partial charge < -0.3 is 9.64 Å². The summed E-state index contributed by atoms with van der Waals surface area (Å²) in [5, 5.41) is 0.759. The van der Waals surface area contributed by atoms with E-state index in [2.05, 4.69) is 14.8 Å². The molecule has 0 saturated carbocycles. The molecule has 0 radical (unpaired) electrons. The molecule has 2 fully saturated rings. The van der Waals surface area contributed by atoms with E-state index < -0.39 is 0 Å². The van der Waals surface area contributed by atoms with E-state index in [1.807, 2.05) is 18.3 Å². The van der Waals surface area contributed by atoms with E-state index in [0.717, 1.165) is 56.2 Å². The van der Waals surface area contributed by atoms with Gasteiger partial charge in [-0.1, -0.05) is 11.6 Å². The minimum atomic E-state index is 0.719. The maximum atomic E-state index is 6.21. The first kappa shape index (κ1) is 13.2. The summed E-state index contributed by atoms with van der Waals surface area (Å²) in [6.45, 7) is 7.19. The predicted octanol–water partition coefficient (Wildman–Crippen LogP) is 1.89. The first-order chi connectivity index (χ1) is 9.33. The normalized spacial score (nSPS) is 24.9. The van der Waals surface area contributed by atoms with Crippen LogP contribution in [0.1, 0.15) is 6.42 Å². The maximum absolute atomic E-state index is 6.21. The Morgan fingerprint density at radius 1 is 1.32 bits per heavy atom. The number of rotatable bonds is 3. The van der Waals surface area contributed by atoms with Gasteiger partial charge in [0.1, 0.15) is 5.82 Å². The van der Waals surface area contributed by atoms with Crippen molar-refractivity contribution in [2.75, 3.05) is 50.8 Å².